The van der Waals surface area contributed by atoms with Gasteiger partial charge >= 0.3 is 0 Å². The fourth-order valence-electron chi connectivity index (χ4n) is 7.76. The number of aliphatic imine (C=N–C) groups is 1. The van der Waals surface area contributed by atoms with Crippen molar-refractivity contribution in [3.8, 4) is 28.1 Å². The highest BCUT2D eigenvalue weighted by Crippen LogP contribution is 2.54. The number of anilines is 3. The van der Waals surface area contributed by atoms with Crippen molar-refractivity contribution in [2.24, 2.45) is 4.99 Å². The Hall–Kier alpha value is -6.71. The Morgan fingerprint density at radius 2 is 1.26 bits per heavy atom. The van der Waals surface area contributed by atoms with Gasteiger partial charge in [-0.05, 0) is 90.6 Å². The van der Waals surface area contributed by atoms with Gasteiger partial charge in [-0.25, -0.2) is 4.99 Å². The van der Waals surface area contributed by atoms with E-state index < -0.39 is 0 Å². The lowest BCUT2D eigenvalue weighted by molar-refractivity contribution is 1.03. The van der Waals surface area contributed by atoms with Crippen LogP contribution in [0.15, 0.2) is 199 Å². The zero-order valence-corrected chi connectivity index (χ0v) is 29.8. The minimum absolute atomic E-state index is 0.734. The summed E-state index contributed by atoms with van der Waals surface area (Å²) in [6.07, 6.45) is 10.9. The molecule has 2 aliphatic rings. The number of hydrogen-bond acceptors (Lipinski definition) is 2. The molecule has 0 fully saturated rings. The summed E-state index contributed by atoms with van der Waals surface area (Å²) in [5.74, 6) is 0. The highest BCUT2D eigenvalue weighted by Gasteiger charge is 2.31. The number of hydrogen-bond donors (Lipinski definition) is 0. The predicted octanol–water partition coefficient (Wildman–Crippen LogP) is 13.5. The third kappa shape index (κ3) is 5.87. The highest BCUT2D eigenvalue weighted by atomic mass is 15.2. The van der Waals surface area contributed by atoms with Crippen LogP contribution in [0.5, 0.6) is 0 Å². The molecule has 53 heavy (non-hydrogen) atoms. The van der Waals surface area contributed by atoms with Gasteiger partial charge in [-0.2, -0.15) is 0 Å². The van der Waals surface area contributed by atoms with Crippen LogP contribution in [0.2, 0.25) is 0 Å². The zero-order valence-electron chi connectivity index (χ0n) is 29.8. The molecule has 0 unspecified atom stereocenters. The number of nitrogens with zero attached hydrogens (tertiary/aromatic N) is 3. The number of allylic oxidation sites excluding steroid dienone is 6. The van der Waals surface area contributed by atoms with Gasteiger partial charge in [0.05, 0.1) is 34.0 Å². The molecule has 0 saturated carbocycles. The van der Waals surface area contributed by atoms with Crippen LogP contribution in [0.25, 0.3) is 50.2 Å². The highest BCUT2D eigenvalue weighted by molar-refractivity contribution is 6.15. The van der Waals surface area contributed by atoms with E-state index in [1.165, 1.54) is 44.4 Å². The van der Waals surface area contributed by atoms with Crippen LogP contribution in [0.4, 0.5) is 17.1 Å². The lowest BCUT2D eigenvalue weighted by Crippen LogP contribution is -2.11. The molecule has 0 atom stereocenters. The summed E-state index contributed by atoms with van der Waals surface area (Å²) in [6, 6.07) is 56.3. The van der Waals surface area contributed by atoms with Crippen molar-refractivity contribution in [3.63, 3.8) is 0 Å². The van der Waals surface area contributed by atoms with E-state index in [0.717, 1.165) is 58.1 Å². The van der Waals surface area contributed by atoms with Gasteiger partial charge in [0.15, 0.2) is 0 Å². The van der Waals surface area contributed by atoms with Gasteiger partial charge in [-0.1, -0.05) is 140 Å². The molecule has 0 saturated heterocycles. The van der Waals surface area contributed by atoms with E-state index in [1.807, 2.05) is 0 Å². The molecule has 2 heterocycles. The predicted molar refractivity (Wildman–Crippen MR) is 225 cm³/mol. The van der Waals surface area contributed by atoms with Gasteiger partial charge < -0.3 is 9.47 Å². The van der Waals surface area contributed by atoms with E-state index in [2.05, 4.69) is 205 Å². The molecular formula is C50H39N3. The first kappa shape index (κ1) is 32.2. The second-order valence-corrected chi connectivity index (χ2v) is 13.6. The Kier molecular flexibility index (Phi) is 8.38. The third-order valence-electron chi connectivity index (χ3n) is 10.3. The molecule has 6 aromatic carbocycles. The van der Waals surface area contributed by atoms with E-state index in [9.17, 15) is 0 Å². The van der Waals surface area contributed by atoms with Crippen molar-refractivity contribution in [2.45, 2.75) is 19.8 Å². The first-order valence-electron chi connectivity index (χ1n) is 18.3. The van der Waals surface area contributed by atoms with Gasteiger partial charge in [0.2, 0.25) is 0 Å². The molecule has 0 radical (unpaired) electrons. The van der Waals surface area contributed by atoms with Crippen LogP contribution in [0.1, 0.15) is 30.9 Å². The van der Waals surface area contributed by atoms with Gasteiger partial charge in [0.25, 0.3) is 0 Å². The maximum absolute atomic E-state index is 5.17. The Balaban J connectivity index is 1.18. The monoisotopic (exact) mass is 681 g/mol. The number of fused-ring (bicyclic) bond motifs is 7. The summed E-state index contributed by atoms with van der Waals surface area (Å²) in [4.78, 5) is 7.57. The molecule has 0 N–H and O–H groups in total. The Bertz CT molecular complexity index is 2620. The zero-order chi connectivity index (χ0) is 35.7. The number of para-hydroxylation sites is 4. The van der Waals surface area contributed by atoms with Crippen LogP contribution in [-0.4, -0.2) is 10.3 Å². The van der Waals surface area contributed by atoms with Crippen molar-refractivity contribution in [1.82, 2.24) is 4.57 Å². The van der Waals surface area contributed by atoms with Crippen LogP contribution >= 0.6 is 0 Å². The molecule has 3 nitrogen and oxygen atoms in total. The number of benzene rings is 6. The Morgan fingerprint density at radius 3 is 2.00 bits per heavy atom. The molecule has 0 amide bonds. The molecule has 1 aliphatic carbocycles. The lowest BCUT2D eigenvalue weighted by atomic mass is 9.98. The van der Waals surface area contributed by atoms with E-state index in [0.29, 0.717) is 0 Å². The van der Waals surface area contributed by atoms with E-state index >= 15 is 0 Å². The lowest BCUT2D eigenvalue weighted by Gasteiger charge is -2.27. The SMILES string of the molecule is C=C(N=C(/C=C(\C)c1ccccc1)C1=CCCC=C1)c1ccc(-n2c3c(c4ccccc42)-c2ccccc2N(c2ccccc2)c2ccccc2-3)cc1. The standard InChI is InChI=1S/C50H39N3/c1-35(37-18-6-3-7-19-37)34-45(39-20-8-4-9-21-39)51-36(2)38-30-32-41(33-31-38)53-47-28-16-13-25-43(47)49-42-24-12-15-27-46(42)52(40-22-10-5-11-23-40)48-29-17-14-26-44(48)50(49)53/h3,5-8,10-34H,2,4,9H2,1H3/b35-34+,51-45?. The first-order valence-corrected chi connectivity index (χ1v) is 18.3. The summed E-state index contributed by atoms with van der Waals surface area (Å²) in [7, 11) is 0. The van der Waals surface area contributed by atoms with Crippen LogP contribution in [0.3, 0.4) is 0 Å². The quantitative estimate of drug-likeness (QED) is 0.153. The maximum Gasteiger partial charge on any atom is 0.0708 e. The first-order chi connectivity index (χ1) is 26.2. The largest absolute Gasteiger partial charge is 0.309 e. The topological polar surface area (TPSA) is 20.5 Å². The van der Waals surface area contributed by atoms with Gasteiger partial charge in [-0.3, -0.25) is 0 Å². The Morgan fingerprint density at radius 1 is 0.623 bits per heavy atom. The fraction of sp³-hybridized carbons (Fsp3) is 0.0600. The molecule has 0 spiro atoms. The smallest absolute Gasteiger partial charge is 0.0708 e. The average molecular weight is 682 g/mol. The van der Waals surface area contributed by atoms with Crippen molar-refractivity contribution in [2.75, 3.05) is 4.90 Å². The summed E-state index contributed by atoms with van der Waals surface area (Å²) >= 11 is 0. The van der Waals surface area contributed by atoms with Crippen molar-refractivity contribution < 1.29 is 0 Å². The third-order valence-corrected chi connectivity index (χ3v) is 10.3. The molecule has 1 aromatic heterocycles. The van der Waals surface area contributed by atoms with Gasteiger partial charge in [-0.15, -0.1) is 0 Å². The van der Waals surface area contributed by atoms with E-state index in [1.54, 1.807) is 0 Å². The summed E-state index contributed by atoms with van der Waals surface area (Å²) in [6.45, 7) is 6.62. The molecule has 9 rings (SSSR count). The fourth-order valence-corrected chi connectivity index (χ4v) is 7.76. The number of aromatic nitrogens is 1. The van der Waals surface area contributed by atoms with Gasteiger partial charge in [0, 0.05) is 33.5 Å². The summed E-state index contributed by atoms with van der Waals surface area (Å²) in [5.41, 5.74) is 16.6. The second-order valence-electron chi connectivity index (χ2n) is 13.6. The molecule has 0 bridgehead atoms. The van der Waals surface area contributed by atoms with Crippen molar-refractivity contribution in [3.05, 3.63) is 205 Å². The molecule has 3 heteroatoms. The van der Waals surface area contributed by atoms with Crippen molar-refractivity contribution in [1.29, 1.82) is 0 Å². The Labute approximate surface area is 311 Å². The van der Waals surface area contributed by atoms with E-state index in [-0.39, 0.29) is 0 Å². The van der Waals surface area contributed by atoms with Crippen LogP contribution in [0, 0.1) is 0 Å². The molecule has 7 aromatic rings. The minimum atomic E-state index is 0.734. The van der Waals surface area contributed by atoms with Crippen LogP contribution in [-0.2, 0) is 0 Å². The molecular weight excluding hydrogens is 643 g/mol. The van der Waals surface area contributed by atoms with Gasteiger partial charge in [0.1, 0.15) is 0 Å². The van der Waals surface area contributed by atoms with Crippen molar-refractivity contribution >= 4 is 44.9 Å². The second kappa shape index (κ2) is 13.8. The number of rotatable bonds is 7. The van der Waals surface area contributed by atoms with E-state index in [4.69, 9.17) is 4.99 Å². The normalized spacial score (nSPS) is 13.9. The molecule has 254 valence electrons. The average Bonchev–Trinajstić information content (AvgIpc) is 3.50. The summed E-state index contributed by atoms with van der Waals surface area (Å²) < 4.78 is 2.43. The van der Waals surface area contributed by atoms with Crippen LogP contribution < -0.4 is 4.90 Å². The minimum Gasteiger partial charge on any atom is -0.309 e. The maximum atomic E-state index is 5.17. The summed E-state index contributed by atoms with van der Waals surface area (Å²) in [5, 5.41) is 1.22. The molecule has 1 aliphatic heterocycles.